The third kappa shape index (κ3) is 10.5. The Bertz CT molecular complexity index is 1490. The van der Waals surface area contributed by atoms with E-state index in [4.69, 9.17) is 28.4 Å². The van der Waals surface area contributed by atoms with Gasteiger partial charge in [-0.15, -0.1) is 0 Å². The summed E-state index contributed by atoms with van der Waals surface area (Å²) in [6.45, 7) is 3.80. The molecule has 0 aromatic heterocycles. The third-order valence-corrected chi connectivity index (χ3v) is 8.21. The molecule has 0 bridgehead atoms. The van der Waals surface area contributed by atoms with Crippen LogP contribution in [0.15, 0.2) is 115 Å². The largest absolute Gasteiger partial charge is 0.374 e. The molecule has 48 heavy (non-hydrogen) atoms. The molecule has 1 aliphatic rings. The van der Waals surface area contributed by atoms with E-state index >= 15 is 0 Å². The average Bonchev–Trinajstić information content (AvgIpc) is 3.13. The van der Waals surface area contributed by atoms with Crippen LogP contribution in [0.2, 0.25) is 0 Å². The van der Waals surface area contributed by atoms with E-state index in [0.29, 0.717) is 32.0 Å². The molecule has 0 aliphatic carbocycles. The van der Waals surface area contributed by atoms with Crippen molar-refractivity contribution in [3.05, 3.63) is 148 Å². The Kier molecular flexibility index (Phi) is 14.1. The molecule has 5 rings (SSSR count). The highest BCUT2D eigenvalue weighted by molar-refractivity contribution is 5.39. The second-order valence-electron chi connectivity index (χ2n) is 11.8. The lowest BCUT2D eigenvalue weighted by molar-refractivity contribution is -0.386. The number of hydrogen-bond donors (Lipinski definition) is 0. The molecular formula is C39H45NO8. The molecule has 0 spiro atoms. The summed E-state index contributed by atoms with van der Waals surface area (Å²) < 4.78 is 39.1. The van der Waals surface area contributed by atoms with Crippen LogP contribution in [0.1, 0.15) is 48.4 Å². The monoisotopic (exact) mass is 655 g/mol. The highest BCUT2D eigenvalue weighted by Gasteiger charge is 2.49. The Balaban J connectivity index is 1.45. The second-order valence-corrected chi connectivity index (χ2v) is 11.8. The van der Waals surface area contributed by atoms with Crippen LogP contribution < -0.4 is 0 Å². The molecule has 4 aromatic carbocycles. The Morgan fingerprint density at radius 2 is 1.17 bits per heavy atom. The van der Waals surface area contributed by atoms with Gasteiger partial charge in [0, 0.05) is 12.7 Å². The maximum absolute atomic E-state index is 11.8. The Morgan fingerprint density at radius 3 is 1.77 bits per heavy atom. The fourth-order valence-corrected chi connectivity index (χ4v) is 5.66. The molecule has 0 radical (unpaired) electrons. The molecule has 1 saturated heterocycles. The molecule has 1 fully saturated rings. The molecule has 0 amide bonds. The topological polar surface area (TPSA) is 98.5 Å². The normalized spacial score (nSPS) is 20.8. The summed E-state index contributed by atoms with van der Waals surface area (Å²) in [6.07, 6.45) is -0.516. The summed E-state index contributed by atoms with van der Waals surface area (Å²) in [5.41, 5.74) is 3.47. The van der Waals surface area contributed by atoms with Crippen LogP contribution >= 0.6 is 0 Å². The lowest BCUT2D eigenvalue weighted by Gasteiger charge is -2.46. The predicted molar refractivity (Wildman–Crippen MR) is 182 cm³/mol. The van der Waals surface area contributed by atoms with Crippen LogP contribution in [-0.4, -0.2) is 48.8 Å². The lowest BCUT2D eigenvalue weighted by Crippen LogP contribution is -2.61. The van der Waals surface area contributed by atoms with Gasteiger partial charge < -0.3 is 28.4 Å². The van der Waals surface area contributed by atoms with Crippen LogP contribution in [0.5, 0.6) is 0 Å². The van der Waals surface area contributed by atoms with Crippen LogP contribution in [0.25, 0.3) is 0 Å². The molecule has 1 aliphatic heterocycles. The van der Waals surface area contributed by atoms with Gasteiger partial charge in [-0.2, -0.15) is 0 Å². The van der Waals surface area contributed by atoms with Crippen LogP contribution in [0, 0.1) is 10.1 Å². The van der Waals surface area contributed by atoms with Crippen molar-refractivity contribution < 1.29 is 33.3 Å². The quantitative estimate of drug-likeness (QED) is 0.0574. The summed E-state index contributed by atoms with van der Waals surface area (Å²) in [5, 5.41) is 11.8. The first kappa shape index (κ1) is 35.3. The van der Waals surface area contributed by atoms with Gasteiger partial charge in [-0.1, -0.05) is 123 Å². The second kappa shape index (κ2) is 19.1. The first-order valence-corrected chi connectivity index (χ1v) is 16.7. The fraction of sp³-hybridized carbons (Fsp3) is 0.385. The highest BCUT2D eigenvalue weighted by atomic mass is 16.7. The highest BCUT2D eigenvalue weighted by Crippen LogP contribution is 2.32. The van der Waals surface area contributed by atoms with Gasteiger partial charge in [0.15, 0.2) is 6.29 Å². The maximum atomic E-state index is 11.8. The molecule has 0 unspecified atom stereocenters. The number of hydrogen-bond acceptors (Lipinski definition) is 8. The number of unbranched alkanes of at least 4 members (excludes halogenated alkanes) is 2. The standard InChI is InChI=1S/C39H45NO8/c1-2-3-15-24-44-39-38(47-28-33-22-13-14-23-34(33)40(41)42)37(46-27-32-20-11-6-12-21-32)36(45-26-31-18-9-5-10-19-31)35(48-39)29-43-25-30-16-7-4-8-17-30/h4-14,16-23,35-39H,2-3,15,24-29H2,1H3/t35-,36-,37+,38-,39-/m1/s1. The van der Waals surface area contributed by atoms with Crippen molar-refractivity contribution in [3.8, 4) is 0 Å². The van der Waals surface area contributed by atoms with E-state index in [9.17, 15) is 10.1 Å². The van der Waals surface area contributed by atoms with E-state index < -0.39 is 35.6 Å². The SMILES string of the molecule is CCCCCO[C@@H]1O[C@H](COCc2ccccc2)[C@@H](OCc2ccccc2)[C@H](OCc2ccccc2)[C@H]1OCc1ccccc1[N+](=O)[O-]. The molecule has 4 aromatic rings. The van der Waals surface area contributed by atoms with Gasteiger partial charge >= 0.3 is 0 Å². The Labute approximate surface area is 282 Å². The number of benzene rings is 4. The van der Waals surface area contributed by atoms with Crippen LogP contribution in [0.3, 0.4) is 0 Å². The van der Waals surface area contributed by atoms with E-state index in [2.05, 4.69) is 6.92 Å². The van der Waals surface area contributed by atoms with Gasteiger partial charge in [-0.05, 0) is 29.2 Å². The smallest absolute Gasteiger partial charge is 0.274 e. The minimum Gasteiger partial charge on any atom is -0.374 e. The van der Waals surface area contributed by atoms with E-state index in [1.54, 1.807) is 18.2 Å². The minimum absolute atomic E-state index is 0.0135. The lowest BCUT2D eigenvalue weighted by atomic mass is 9.97. The van der Waals surface area contributed by atoms with Crippen LogP contribution in [-0.2, 0) is 54.8 Å². The Hall–Kier alpha value is -3.96. The fourth-order valence-electron chi connectivity index (χ4n) is 5.66. The first-order chi connectivity index (χ1) is 23.6. The van der Waals surface area contributed by atoms with Gasteiger partial charge in [0.05, 0.1) is 43.5 Å². The zero-order chi connectivity index (χ0) is 33.4. The summed E-state index contributed by atoms with van der Waals surface area (Å²) in [4.78, 5) is 11.4. The van der Waals surface area contributed by atoms with Crippen molar-refractivity contribution in [3.63, 3.8) is 0 Å². The molecule has 0 N–H and O–H groups in total. The number of nitro groups is 1. The van der Waals surface area contributed by atoms with Gasteiger partial charge in [0.1, 0.15) is 24.4 Å². The number of nitrogens with zero attached hydrogens (tertiary/aromatic N) is 1. The molecule has 1 heterocycles. The predicted octanol–water partition coefficient (Wildman–Crippen LogP) is 7.80. The van der Waals surface area contributed by atoms with Crippen molar-refractivity contribution in [1.29, 1.82) is 0 Å². The van der Waals surface area contributed by atoms with Gasteiger partial charge in [0.25, 0.3) is 5.69 Å². The maximum Gasteiger partial charge on any atom is 0.274 e. The Morgan fingerprint density at radius 1 is 0.625 bits per heavy atom. The molecule has 0 saturated carbocycles. The van der Waals surface area contributed by atoms with E-state index in [-0.39, 0.29) is 18.9 Å². The van der Waals surface area contributed by atoms with Gasteiger partial charge in [-0.3, -0.25) is 10.1 Å². The molecule has 254 valence electrons. The molecule has 5 atom stereocenters. The van der Waals surface area contributed by atoms with E-state index in [1.165, 1.54) is 6.07 Å². The number of ether oxygens (including phenoxy) is 6. The molecule has 9 heteroatoms. The summed E-state index contributed by atoms with van der Waals surface area (Å²) in [5.74, 6) is 0. The number of para-hydroxylation sites is 1. The number of nitro benzene ring substituents is 1. The summed E-state index contributed by atoms with van der Waals surface area (Å²) in [7, 11) is 0. The first-order valence-electron chi connectivity index (χ1n) is 16.7. The van der Waals surface area contributed by atoms with Crippen molar-refractivity contribution in [2.45, 2.75) is 83.3 Å². The van der Waals surface area contributed by atoms with Gasteiger partial charge in [0.2, 0.25) is 0 Å². The van der Waals surface area contributed by atoms with Crippen molar-refractivity contribution in [2.24, 2.45) is 0 Å². The van der Waals surface area contributed by atoms with E-state index in [1.807, 2.05) is 91.0 Å². The summed E-state index contributed by atoms with van der Waals surface area (Å²) in [6, 6.07) is 36.4. The zero-order valence-corrected chi connectivity index (χ0v) is 27.4. The van der Waals surface area contributed by atoms with Gasteiger partial charge in [-0.25, -0.2) is 0 Å². The minimum atomic E-state index is -0.827. The summed E-state index contributed by atoms with van der Waals surface area (Å²) >= 11 is 0. The van der Waals surface area contributed by atoms with Crippen molar-refractivity contribution in [2.75, 3.05) is 13.2 Å². The number of rotatable bonds is 19. The average molecular weight is 656 g/mol. The molecular weight excluding hydrogens is 610 g/mol. The van der Waals surface area contributed by atoms with Crippen molar-refractivity contribution >= 4 is 5.69 Å². The zero-order valence-electron chi connectivity index (χ0n) is 27.4. The molecule has 9 nitrogen and oxygen atoms in total. The van der Waals surface area contributed by atoms with Crippen molar-refractivity contribution in [1.82, 2.24) is 0 Å². The third-order valence-electron chi connectivity index (χ3n) is 8.21. The van der Waals surface area contributed by atoms with E-state index in [0.717, 1.165) is 36.0 Å². The van der Waals surface area contributed by atoms with Crippen LogP contribution in [0.4, 0.5) is 5.69 Å².